The van der Waals surface area contributed by atoms with Crippen molar-refractivity contribution in [2.45, 2.75) is 19.9 Å². The van der Waals surface area contributed by atoms with Gasteiger partial charge in [0.15, 0.2) is 16.3 Å². The Morgan fingerprint density at radius 3 is 2.55 bits per heavy atom. The zero-order valence-electron chi connectivity index (χ0n) is 18.7. The molecule has 170 valence electrons. The van der Waals surface area contributed by atoms with Crippen molar-refractivity contribution in [3.8, 4) is 11.5 Å². The quantitative estimate of drug-likeness (QED) is 0.519. The number of nitrogens with zero attached hydrogens (tertiary/aromatic N) is 3. The molecule has 2 aromatic heterocycles. The molecule has 3 heterocycles. The molecule has 1 unspecified atom stereocenters. The van der Waals surface area contributed by atoms with Gasteiger partial charge in [-0.1, -0.05) is 17.4 Å². The number of allylic oxidation sites excluding steroid dienone is 1. The summed E-state index contributed by atoms with van der Waals surface area (Å²) in [7, 11) is 3.09. The highest BCUT2D eigenvalue weighted by molar-refractivity contribution is 7.07. The molecular formula is C24H23N3O5S. The number of rotatable bonds is 6. The number of fused-ring (bicyclic) bond motifs is 1. The SMILES string of the molecule is CCOC(=O)C1=C(C)N=c2s/c(=C/c3ccncc3)c(=O)n2C1c1ccc(OC)c(OC)c1. The summed E-state index contributed by atoms with van der Waals surface area (Å²) in [6, 6.07) is 8.24. The zero-order valence-corrected chi connectivity index (χ0v) is 19.5. The second-order valence-electron chi connectivity index (χ2n) is 7.20. The van der Waals surface area contributed by atoms with Crippen LogP contribution in [0.5, 0.6) is 11.5 Å². The van der Waals surface area contributed by atoms with E-state index < -0.39 is 12.0 Å². The molecular weight excluding hydrogens is 442 g/mol. The summed E-state index contributed by atoms with van der Waals surface area (Å²) < 4.78 is 18.2. The molecule has 1 aliphatic heterocycles. The molecule has 8 nitrogen and oxygen atoms in total. The molecule has 0 N–H and O–H groups in total. The number of carbonyl (C=O) groups excluding carboxylic acids is 1. The molecule has 0 bridgehead atoms. The summed E-state index contributed by atoms with van der Waals surface area (Å²) in [5.74, 6) is 0.526. The van der Waals surface area contributed by atoms with Crippen molar-refractivity contribution in [2.75, 3.05) is 20.8 Å². The summed E-state index contributed by atoms with van der Waals surface area (Å²) in [5, 5.41) is 0. The molecule has 33 heavy (non-hydrogen) atoms. The van der Waals surface area contributed by atoms with E-state index in [-0.39, 0.29) is 12.2 Å². The molecule has 0 fully saturated rings. The number of benzene rings is 1. The fourth-order valence-corrected chi connectivity index (χ4v) is 4.79. The fourth-order valence-electron chi connectivity index (χ4n) is 3.74. The van der Waals surface area contributed by atoms with Crippen LogP contribution in [0.2, 0.25) is 0 Å². The molecule has 0 spiro atoms. The van der Waals surface area contributed by atoms with Crippen LogP contribution in [0.15, 0.2) is 63.8 Å². The summed E-state index contributed by atoms with van der Waals surface area (Å²) in [5.41, 5.74) is 2.10. The number of hydrogen-bond acceptors (Lipinski definition) is 8. The van der Waals surface area contributed by atoms with Gasteiger partial charge in [-0.15, -0.1) is 0 Å². The van der Waals surface area contributed by atoms with Crippen LogP contribution in [0.1, 0.15) is 31.0 Å². The molecule has 3 aromatic rings. The van der Waals surface area contributed by atoms with E-state index in [2.05, 4.69) is 9.98 Å². The lowest BCUT2D eigenvalue weighted by Crippen LogP contribution is -2.39. The van der Waals surface area contributed by atoms with E-state index in [0.717, 1.165) is 5.56 Å². The molecule has 4 rings (SSSR count). The van der Waals surface area contributed by atoms with Crippen LogP contribution < -0.4 is 24.4 Å². The van der Waals surface area contributed by atoms with Crippen LogP contribution in [-0.2, 0) is 9.53 Å². The molecule has 1 atom stereocenters. The van der Waals surface area contributed by atoms with Gasteiger partial charge in [-0.25, -0.2) is 9.79 Å². The smallest absolute Gasteiger partial charge is 0.338 e. The van der Waals surface area contributed by atoms with Crippen LogP contribution >= 0.6 is 11.3 Å². The third-order valence-corrected chi connectivity index (χ3v) is 6.23. The molecule has 1 aliphatic rings. The summed E-state index contributed by atoms with van der Waals surface area (Å²) in [4.78, 5) is 35.6. The number of carbonyl (C=O) groups is 1. The maximum Gasteiger partial charge on any atom is 0.338 e. The van der Waals surface area contributed by atoms with E-state index in [9.17, 15) is 9.59 Å². The lowest BCUT2D eigenvalue weighted by Gasteiger charge is -2.25. The average Bonchev–Trinajstić information content (AvgIpc) is 3.12. The van der Waals surface area contributed by atoms with Crippen molar-refractivity contribution in [1.29, 1.82) is 0 Å². The predicted octanol–water partition coefficient (Wildman–Crippen LogP) is 2.21. The van der Waals surface area contributed by atoms with Crippen molar-refractivity contribution in [3.05, 3.63) is 84.8 Å². The topological polar surface area (TPSA) is 92.0 Å². The van der Waals surface area contributed by atoms with Gasteiger partial charge in [0, 0.05) is 12.4 Å². The number of aromatic nitrogens is 2. The van der Waals surface area contributed by atoms with E-state index in [0.29, 0.717) is 37.7 Å². The molecule has 1 aromatic carbocycles. The maximum absolute atomic E-state index is 13.5. The van der Waals surface area contributed by atoms with E-state index in [4.69, 9.17) is 14.2 Å². The van der Waals surface area contributed by atoms with Gasteiger partial charge in [0.05, 0.1) is 42.7 Å². The first kappa shape index (κ1) is 22.5. The number of thiazole rings is 1. The monoisotopic (exact) mass is 465 g/mol. The number of esters is 1. The molecule has 0 amide bonds. The Hall–Kier alpha value is -3.72. The van der Waals surface area contributed by atoms with Crippen molar-refractivity contribution in [2.24, 2.45) is 4.99 Å². The number of ether oxygens (including phenoxy) is 3. The summed E-state index contributed by atoms with van der Waals surface area (Å²) in [6.45, 7) is 3.70. The molecule has 9 heteroatoms. The highest BCUT2D eigenvalue weighted by atomic mass is 32.1. The Kier molecular flexibility index (Phi) is 6.41. The zero-order chi connectivity index (χ0) is 23.5. The first-order valence-electron chi connectivity index (χ1n) is 10.3. The van der Waals surface area contributed by atoms with E-state index in [1.165, 1.54) is 23.0 Å². The summed E-state index contributed by atoms with van der Waals surface area (Å²) in [6.07, 6.45) is 5.12. The van der Waals surface area contributed by atoms with Crippen LogP contribution in [0.4, 0.5) is 0 Å². The van der Waals surface area contributed by atoms with E-state index in [1.54, 1.807) is 51.6 Å². The minimum atomic E-state index is -0.723. The molecule has 0 radical (unpaired) electrons. The first-order valence-corrected chi connectivity index (χ1v) is 11.1. The average molecular weight is 466 g/mol. The Morgan fingerprint density at radius 2 is 1.88 bits per heavy atom. The Balaban J connectivity index is 1.98. The molecule has 0 saturated carbocycles. The van der Waals surface area contributed by atoms with Crippen LogP contribution in [0.3, 0.4) is 0 Å². The van der Waals surface area contributed by atoms with Crippen molar-refractivity contribution < 1.29 is 19.0 Å². The number of pyridine rings is 1. The minimum absolute atomic E-state index is 0.209. The van der Waals surface area contributed by atoms with Gasteiger partial charge in [0.1, 0.15) is 0 Å². The Bertz CT molecular complexity index is 1410. The lowest BCUT2D eigenvalue weighted by molar-refractivity contribution is -0.139. The Labute approximate surface area is 194 Å². The third kappa shape index (κ3) is 4.19. The molecule has 0 saturated heterocycles. The van der Waals surface area contributed by atoms with Gasteiger partial charge in [-0.3, -0.25) is 14.3 Å². The standard InChI is InChI=1S/C24H23N3O5S/c1-5-32-23(29)20-14(2)26-24-27(21(20)16-6-7-17(30-3)18(13-16)31-4)22(28)19(33-24)12-15-8-10-25-11-9-15/h6-13,21H,5H2,1-4H3/b19-12+. The van der Waals surface area contributed by atoms with Crippen LogP contribution in [0, 0.1) is 0 Å². The van der Waals surface area contributed by atoms with Gasteiger partial charge >= 0.3 is 5.97 Å². The largest absolute Gasteiger partial charge is 0.493 e. The third-order valence-electron chi connectivity index (χ3n) is 5.24. The van der Waals surface area contributed by atoms with Crippen molar-refractivity contribution in [1.82, 2.24) is 9.55 Å². The number of hydrogen-bond donors (Lipinski definition) is 0. The minimum Gasteiger partial charge on any atom is -0.493 e. The van der Waals surface area contributed by atoms with Gasteiger partial charge < -0.3 is 14.2 Å². The van der Waals surface area contributed by atoms with Crippen LogP contribution in [-0.4, -0.2) is 36.3 Å². The Morgan fingerprint density at radius 1 is 1.15 bits per heavy atom. The summed E-state index contributed by atoms with van der Waals surface area (Å²) >= 11 is 1.27. The van der Waals surface area contributed by atoms with Gasteiger partial charge in [0.2, 0.25) is 0 Å². The highest BCUT2D eigenvalue weighted by Gasteiger charge is 2.33. The van der Waals surface area contributed by atoms with E-state index in [1.807, 2.05) is 18.2 Å². The second-order valence-corrected chi connectivity index (χ2v) is 8.21. The highest BCUT2D eigenvalue weighted by Crippen LogP contribution is 2.36. The number of methoxy groups -OCH3 is 2. The normalized spacial score (nSPS) is 15.6. The lowest BCUT2D eigenvalue weighted by atomic mass is 9.95. The van der Waals surface area contributed by atoms with Crippen LogP contribution in [0.25, 0.3) is 6.08 Å². The fraction of sp³-hybridized carbons (Fsp3) is 0.250. The molecule has 0 aliphatic carbocycles. The van der Waals surface area contributed by atoms with Gasteiger partial charge in [0.25, 0.3) is 5.56 Å². The van der Waals surface area contributed by atoms with Gasteiger partial charge in [-0.05, 0) is 55.3 Å². The van der Waals surface area contributed by atoms with Crippen molar-refractivity contribution in [3.63, 3.8) is 0 Å². The van der Waals surface area contributed by atoms with Gasteiger partial charge in [-0.2, -0.15) is 0 Å². The second kappa shape index (κ2) is 9.41. The first-order chi connectivity index (χ1) is 16.0. The van der Waals surface area contributed by atoms with Crippen molar-refractivity contribution >= 4 is 23.4 Å². The van der Waals surface area contributed by atoms with E-state index >= 15 is 0 Å². The predicted molar refractivity (Wildman–Crippen MR) is 124 cm³/mol. The maximum atomic E-state index is 13.5.